The molecule has 1 aliphatic heterocycles. The molecule has 7 nitrogen and oxygen atoms in total. The van der Waals surface area contributed by atoms with Gasteiger partial charge in [0.25, 0.3) is 5.91 Å². The number of hydrogen-bond donors (Lipinski definition) is 0. The van der Waals surface area contributed by atoms with E-state index >= 15 is 0 Å². The zero-order valence-corrected chi connectivity index (χ0v) is 21.2. The second-order valence-corrected chi connectivity index (χ2v) is 11.0. The van der Waals surface area contributed by atoms with Gasteiger partial charge in [-0.05, 0) is 43.2 Å². The minimum absolute atomic E-state index is 0.128. The zero-order valence-electron chi connectivity index (χ0n) is 20.4. The maximum atomic E-state index is 13.6. The summed E-state index contributed by atoms with van der Waals surface area (Å²) in [5, 5.41) is 2.11. The molecule has 36 heavy (non-hydrogen) atoms. The summed E-state index contributed by atoms with van der Waals surface area (Å²) in [6, 6.07) is 20.9. The third kappa shape index (κ3) is 4.87. The van der Waals surface area contributed by atoms with E-state index in [0.717, 1.165) is 16.5 Å². The Hall–Kier alpha value is -3.62. The molecule has 0 aliphatic carbocycles. The molecule has 0 saturated carbocycles. The summed E-state index contributed by atoms with van der Waals surface area (Å²) < 4.78 is 35.1. The second-order valence-electron chi connectivity index (χ2n) is 9.25. The molecule has 2 aromatic heterocycles. The maximum Gasteiger partial charge on any atom is 0.270 e. The predicted octanol–water partition coefficient (Wildman–Crippen LogP) is 4.74. The molecule has 0 N–H and O–H groups in total. The number of piperazine rings is 1. The molecule has 0 bridgehead atoms. The molecule has 8 heteroatoms. The number of sulfonamides is 1. The van der Waals surface area contributed by atoms with Gasteiger partial charge in [0.15, 0.2) is 0 Å². The lowest BCUT2D eigenvalue weighted by atomic mass is 10.1. The van der Waals surface area contributed by atoms with Crippen LogP contribution >= 0.6 is 0 Å². The van der Waals surface area contributed by atoms with Crippen LogP contribution in [0.1, 0.15) is 34.1 Å². The van der Waals surface area contributed by atoms with Crippen LogP contribution in [0.3, 0.4) is 0 Å². The number of benzene rings is 2. The van der Waals surface area contributed by atoms with Gasteiger partial charge in [0.05, 0.1) is 12.8 Å². The third-order valence-electron chi connectivity index (χ3n) is 6.60. The van der Waals surface area contributed by atoms with Gasteiger partial charge < -0.3 is 13.9 Å². The molecule has 1 saturated heterocycles. The Bertz CT molecular complexity index is 1500. The van der Waals surface area contributed by atoms with Crippen LogP contribution in [0.5, 0.6) is 0 Å². The second kappa shape index (κ2) is 9.79. The monoisotopic (exact) mass is 503 g/mol. The number of aryl methyl sites for hydroxylation is 1. The summed E-state index contributed by atoms with van der Waals surface area (Å²) in [5.41, 5.74) is 4.25. The van der Waals surface area contributed by atoms with Gasteiger partial charge in [0, 0.05) is 36.5 Å². The highest BCUT2D eigenvalue weighted by Gasteiger charge is 2.34. The lowest BCUT2D eigenvalue weighted by Gasteiger charge is -2.38. The Labute approximate surface area is 211 Å². The first-order valence-corrected chi connectivity index (χ1v) is 13.5. The van der Waals surface area contributed by atoms with Crippen molar-refractivity contribution in [1.82, 2.24) is 13.8 Å². The standard InChI is InChI=1S/C28H29N3O4S/c1-21-8-10-24(11-9-21)20-30-26(18-25-12-16-35-28(25)30)27(32)29-14-15-31(22(2)19-29)36(33,34)17-13-23-6-4-3-5-7-23/h3-13,16-18,22H,14-15,19-20H2,1-2H3/b17-13+/t22-/m0/s1. The van der Waals surface area contributed by atoms with E-state index in [0.29, 0.717) is 31.0 Å². The highest BCUT2D eigenvalue weighted by molar-refractivity contribution is 7.92. The van der Waals surface area contributed by atoms with Crippen molar-refractivity contribution in [3.63, 3.8) is 0 Å². The summed E-state index contributed by atoms with van der Waals surface area (Å²) in [7, 11) is -3.61. The fraction of sp³-hybridized carbons (Fsp3) is 0.250. The van der Waals surface area contributed by atoms with E-state index in [1.807, 2.05) is 85.1 Å². The van der Waals surface area contributed by atoms with Crippen molar-refractivity contribution in [1.29, 1.82) is 0 Å². The highest BCUT2D eigenvalue weighted by atomic mass is 32.2. The summed E-state index contributed by atoms with van der Waals surface area (Å²) >= 11 is 0. The van der Waals surface area contributed by atoms with Crippen LogP contribution in [0.2, 0.25) is 0 Å². The molecule has 1 fully saturated rings. The zero-order chi connectivity index (χ0) is 25.3. The van der Waals surface area contributed by atoms with Crippen LogP contribution in [0.15, 0.2) is 82.8 Å². The smallest absolute Gasteiger partial charge is 0.270 e. The van der Waals surface area contributed by atoms with Gasteiger partial charge in [-0.2, -0.15) is 4.31 Å². The van der Waals surface area contributed by atoms with Crippen LogP contribution in [0, 0.1) is 6.92 Å². The molecule has 1 atom stereocenters. The van der Waals surface area contributed by atoms with Gasteiger partial charge >= 0.3 is 0 Å². The number of nitrogens with zero attached hydrogens (tertiary/aromatic N) is 3. The first kappa shape index (κ1) is 24.1. The average molecular weight is 504 g/mol. The molecule has 4 aromatic rings. The molecule has 186 valence electrons. The first-order valence-electron chi connectivity index (χ1n) is 12.0. The summed E-state index contributed by atoms with van der Waals surface area (Å²) in [4.78, 5) is 15.4. The normalized spacial score (nSPS) is 17.3. The lowest BCUT2D eigenvalue weighted by molar-refractivity contribution is 0.0633. The van der Waals surface area contributed by atoms with Crippen molar-refractivity contribution >= 4 is 33.1 Å². The van der Waals surface area contributed by atoms with E-state index in [4.69, 9.17) is 4.42 Å². The highest BCUT2D eigenvalue weighted by Crippen LogP contribution is 2.25. The third-order valence-corrected chi connectivity index (χ3v) is 8.27. The molecule has 0 unspecified atom stereocenters. The topological polar surface area (TPSA) is 75.8 Å². The first-order chi connectivity index (χ1) is 17.3. The Balaban J connectivity index is 1.34. The molecule has 0 radical (unpaired) electrons. The summed E-state index contributed by atoms with van der Waals surface area (Å²) in [6.45, 7) is 5.25. The van der Waals surface area contributed by atoms with Crippen LogP contribution in [0.25, 0.3) is 17.2 Å². The van der Waals surface area contributed by atoms with E-state index in [1.54, 1.807) is 17.2 Å². The average Bonchev–Trinajstić information content (AvgIpc) is 3.47. The van der Waals surface area contributed by atoms with Gasteiger partial charge in [0.1, 0.15) is 5.69 Å². The van der Waals surface area contributed by atoms with E-state index in [-0.39, 0.29) is 18.5 Å². The Morgan fingerprint density at radius 1 is 1.06 bits per heavy atom. The number of rotatable bonds is 6. The number of hydrogen-bond acceptors (Lipinski definition) is 4. The Kier molecular flexibility index (Phi) is 6.55. The molecule has 3 heterocycles. The number of fused-ring (bicyclic) bond motifs is 1. The van der Waals surface area contributed by atoms with Crippen LogP contribution in [0.4, 0.5) is 0 Å². The van der Waals surface area contributed by atoms with E-state index in [2.05, 4.69) is 0 Å². The Morgan fingerprint density at radius 2 is 1.81 bits per heavy atom. The summed E-state index contributed by atoms with van der Waals surface area (Å²) in [6.07, 6.45) is 3.23. The van der Waals surface area contributed by atoms with Gasteiger partial charge in [-0.15, -0.1) is 0 Å². The van der Waals surface area contributed by atoms with Crippen molar-refractivity contribution < 1.29 is 17.6 Å². The van der Waals surface area contributed by atoms with E-state index in [1.165, 1.54) is 15.3 Å². The number of amides is 1. The lowest BCUT2D eigenvalue weighted by Crippen LogP contribution is -2.55. The van der Waals surface area contributed by atoms with Crippen molar-refractivity contribution in [2.75, 3.05) is 19.6 Å². The van der Waals surface area contributed by atoms with Crippen molar-refractivity contribution in [2.45, 2.75) is 26.4 Å². The SMILES string of the molecule is Cc1ccc(Cn2c(C(=O)N3CCN(S(=O)(=O)/C=C/c4ccccc4)[C@@H](C)C3)cc3ccoc32)cc1. The molecular formula is C28H29N3O4S. The fourth-order valence-corrected chi connectivity index (χ4v) is 6.05. The van der Waals surface area contributed by atoms with Gasteiger partial charge in [-0.1, -0.05) is 60.2 Å². The molecule has 1 amide bonds. The van der Waals surface area contributed by atoms with Crippen LogP contribution in [-0.2, 0) is 16.6 Å². The molecular weight excluding hydrogens is 474 g/mol. The predicted molar refractivity (Wildman–Crippen MR) is 141 cm³/mol. The van der Waals surface area contributed by atoms with E-state index < -0.39 is 10.0 Å². The largest absolute Gasteiger partial charge is 0.448 e. The molecule has 0 spiro atoms. The Morgan fingerprint density at radius 3 is 2.53 bits per heavy atom. The summed E-state index contributed by atoms with van der Waals surface area (Å²) in [5.74, 6) is -0.128. The minimum atomic E-state index is -3.61. The van der Waals surface area contributed by atoms with Crippen LogP contribution in [-0.4, -0.2) is 53.8 Å². The quantitative estimate of drug-likeness (QED) is 0.381. The van der Waals surface area contributed by atoms with E-state index in [9.17, 15) is 13.2 Å². The van der Waals surface area contributed by atoms with Crippen molar-refractivity contribution in [3.8, 4) is 0 Å². The maximum absolute atomic E-state index is 13.6. The van der Waals surface area contributed by atoms with Crippen molar-refractivity contribution in [2.24, 2.45) is 0 Å². The minimum Gasteiger partial charge on any atom is -0.448 e. The van der Waals surface area contributed by atoms with Gasteiger partial charge in [0.2, 0.25) is 15.7 Å². The molecule has 1 aliphatic rings. The number of aromatic nitrogens is 1. The number of carbonyl (C=O) groups is 1. The number of carbonyl (C=O) groups excluding carboxylic acids is 1. The van der Waals surface area contributed by atoms with Crippen LogP contribution < -0.4 is 0 Å². The fourth-order valence-electron chi connectivity index (χ4n) is 4.66. The van der Waals surface area contributed by atoms with Crippen molar-refractivity contribution in [3.05, 3.63) is 101 Å². The van der Waals surface area contributed by atoms with Gasteiger partial charge in [-0.3, -0.25) is 4.79 Å². The number of furan rings is 1. The molecule has 5 rings (SSSR count). The molecule has 2 aromatic carbocycles. The van der Waals surface area contributed by atoms with Gasteiger partial charge in [-0.25, -0.2) is 8.42 Å².